The molecule has 12 heteroatoms. The predicted molar refractivity (Wildman–Crippen MR) is 103 cm³/mol. The molecular formula is C18H19ClF6N3OS+. The van der Waals surface area contributed by atoms with Crippen LogP contribution in [0.25, 0.3) is 0 Å². The second-order valence-electron chi connectivity index (χ2n) is 6.38. The van der Waals surface area contributed by atoms with E-state index in [9.17, 15) is 31.1 Å². The van der Waals surface area contributed by atoms with Crippen LogP contribution in [-0.2, 0) is 4.79 Å². The highest BCUT2D eigenvalue weighted by molar-refractivity contribution is 7.99. The van der Waals surface area contributed by atoms with Gasteiger partial charge in [0, 0.05) is 43.2 Å². The van der Waals surface area contributed by atoms with Crippen LogP contribution in [0, 0.1) is 0 Å². The van der Waals surface area contributed by atoms with Gasteiger partial charge in [-0.15, -0.1) is 4.58 Å². The van der Waals surface area contributed by atoms with E-state index in [0.717, 1.165) is 16.7 Å². The Labute approximate surface area is 178 Å². The summed E-state index contributed by atoms with van der Waals surface area (Å²) in [6, 6.07) is 3.39. The average Bonchev–Trinajstić information content (AvgIpc) is 2.64. The van der Waals surface area contributed by atoms with Gasteiger partial charge in [0.2, 0.25) is 17.8 Å². The highest BCUT2D eigenvalue weighted by Gasteiger charge is 2.37. The summed E-state index contributed by atoms with van der Waals surface area (Å²) in [5.74, 6) is -0.552. The van der Waals surface area contributed by atoms with Crippen molar-refractivity contribution in [2.75, 3.05) is 18.1 Å². The number of alkyl halides is 6. The minimum absolute atomic E-state index is 0.108. The number of allylic oxidation sites excluding steroid dienone is 1. The molecule has 0 radical (unpaired) electrons. The first-order valence-corrected chi connectivity index (χ1v) is 10.5. The van der Waals surface area contributed by atoms with E-state index in [0.29, 0.717) is 5.69 Å². The van der Waals surface area contributed by atoms with E-state index < -0.39 is 31.1 Å². The van der Waals surface area contributed by atoms with Gasteiger partial charge in [0.05, 0.1) is 12.6 Å². The zero-order valence-corrected chi connectivity index (χ0v) is 17.2. The topological polar surface area (TPSA) is 36.2 Å². The summed E-state index contributed by atoms with van der Waals surface area (Å²) in [5.41, 5.74) is 0.893. The molecule has 2 rings (SSSR count). The van der Waals surface area contributed by atoms with Crippen LogP contribution in [0.5, 0.6) is 0 Å². The summed E-state index contributed by atoms with van der Waals surface area (Å²) in [7, 11) is 0. The molecule has 0 atom stereocenters. The van der Waals surface area contributed by atoms with Crippen molar-refractivity contribution in [2.24, 2.45) is 0 Å². The third-order valence-corrected chi connectivity index (χ3v) is 5.38. The van der Waals surface area contributed by atoms with Crippen LogP contribution in [0.3, 0.4) is 0 Å². The fraction of sp³-hybridized carbons (Fsp3) is 0.500. The van der Waals surface area contributed by atoms with Gasteiger partial charge in [-0.3, -0.25) is 9.78 Å². The van der Waals surface area contributed by atoms with E-state index in [1.165, 1.54) is 17.0 Å². The summed E-state index contributed by atoms with van der Waals surface area (Å²) in [6.45, 7) is -0.200. The number of carbonyl (C=O) groups excluding carboxylic acids is 1. The molecule has 0 saturated heterocycles. The Balaban J connectivity index is 1.98. The minimum atomic E-state index is -4.36. The van der Waals surface area contributed by atoms with Crippen molar-refractivity contribution in [3.8, 4) is 0 Å². The number of hydrogen-bond donors (Lipinski definition) is 0. The molecule has 0 bridgehead atoms. The maximum absolute atomic E-state index is 12.5. The van der Waals surface area contributed by atoms with E-state index in [4.69, 9.17) is 11.6 Å². The number of amides is 1. The number of rotatable bonds is 10. The molecule has 4 nitrogen and oxygen atoms in total. The van der Waals surface area contributed by atoms with Crippen molar-refractivity contribution in [1.82, 2.24) is 9.88 Å². The van der Waals surface area contributed by atoms with Crippen molar-refractivity contribution in [3.63, 3.8) is 0 Å². The Bertz CT molecular complexity index is 795. The third kappa shape index (κ3) is 7.82. The van der Waals surface area contributed by atoms with Gasteiger partial charge in [-0.2, -0.15) is 38.1 Å². The Kier molecular flexibility index (Phi) is 8.60. The molecule has 166 valence electrons. The normalized spacial score (nSPS) is 14.4. The van der Waals surface area contributed by atoms with Gasteiger partial charge in [0.15, 0.2) is 5.70 Å². The van der Waals surface area contributed by atoms with Gasteiger partial charge in [0.25, 0.3) is 0 Å². The van der Waals surface area contributed by atoms with Crippen LogP contribution in [0.15, 0.2) is 36.4 Å². The molecule has 0 fully saturated rings. The van der Waals surface area contributed by atoms with Crippen molar-refractivity contribution in [1.29, 1.82) is 0 Å². The van der Waals surface area contributed by atoms with Crippen LogP contribution >= 0.6 is 23.4 Å². The second-order valence-corrected chi connectivity index (χ2v) is 7.96. The van der Waals surface area contributed by atoms with Crippen LogP contribution < -0.4 is 0 Å². The minimum Gasteiger partial charge on any atom is -0.301 e. The number of thioether (sulfide) groups is 1. The quantitative estimate of drug-likeness (QED) is 0.256. The lowest BCUT2D eigenvalue weighted by atomic mass is 10.2. The Hall–Kier alpha value is -1.75. The molecule has 0 saturated carbocycles. The van der Waals surface area contributed by atoms with E-state index in [-0.39, 0.29) is 41.8 Å². The lowest BCUT2D eigenvalue weighted by molar-refractivity contribution is -0.373. The highest BCUT2D eigenvalue weighted by atomic mass is 35.5. The molecule has 30 heavy (non-hydrogen) atoms. The predicted octanol–water partition coefficient (Wildman–Crippen LogP) is 5.46. The first kappa shape index (κ1) is 24.5. The number of aromatic nitrogens is 1. The monoisotopic (exact) mass is 474 g/mol. The molecule has 2 heterocycles. The highest BCUT2D eigenvalue weighted by Crippen LogP contribution is 2.28. The van der Waals surface area contributed by atoms with Gasteiger partial charge in [-0.1, -0.05) is 0 Å². The Morgan fingerprint density at radius 2 is 1.83 bits per heavy atom. The molecule has 0 spiro atoms. The molecular weight excluding hydrogens is 456 g/mol. The van der Waals surface area contributed by atoms with E-state index in [1.54, 1.807) is 18.3 Å². The Morgan fingerprint density at radius 3 is 2.40 bits per heavy atom. The van der Waals surface area contributed by atoms with E-state index in [1.807, 2.05) is 0 Å². The van der Waals surface area contributed by atoms with E-state index in [2.05, 4.69) is 4.98 Å². The molecule has 0 N–H and O–H groups in total. The van der Waals surface area contributed by atoms with Crippen molar-refractivity contribution >= 4 is 40.1 Å². The van der Waals surface area contributed by atoms with E-state index >= 15 is 0 Å². The summed E-state index contributed by atoms with van der Waals surface area (Å²) < 4.78 is 75.5. The number of carbonyl (C=O) groups is 1. The number of pyridine rings is 1. The zero-order valence-electron chi connectivity index (χ0n) is 15.6. The lowest BCUT2D eigenvalue weighted by Gasteiger charge is -2.26. The van der Waals surface area contributed by atoms with Crippen molar-refractivity contribution < 1.29 is 35.7 Å². The largest absolute Gasteiger partial charge is 0.389 e. The lowest BCUT2D eigenvalue weighted by Crippen LogP contribution is -2.39. The fourth-order valence-electron chi connectivity index (χ4n) is 2.56. The smallest absolute Gasteiger partial charge is 0.301 e. The third-order valence-electron chi connectivity index (χ3n) is 4.02. The molecule has 1 aromatic heterocycles. The summed E-state index contributed by atoms with van der Waals surface area (Å²) in [5, 5.41) is 0.160. The first-order chi connectivity index (χ1) is 14.0. The van der Waals surface area contributed by atoms with Crippen molar-refractivity contribution in [2.45, 2.75) is 38.0 Å². The second kappa shape index (κ2) is 10.5. The summed E-state index contributed by atoms with van der Waals surface area (Å²) >= 11 is 7.22. The van der Waals surface area contributed by atoms with Gasteiger partial charge >= 0.3 is 17.5 Å². The first-order valence-electron chi connectivity index (χ1n) is 8.93. The molecule has 1 aromatic rings. The number of halogens is 7. The molecule has 1 amide bonds. The SMILES string of the molecule is O=C(CCSCCC(F)(F)F)N(CCCC(F)(F)F)C1=C[N+](c2cccnc2)=C1Cl. The number of nitrogens with zero attached hydrogens (tertiary/aromatic N) is 3. The average molecular weight is 475 g/mol. The van der Waals surface area contributed by atoms with Gasteiger partial charge < -0.3 is 4.90 Å². The maximum Gasteiger partial charge on any atom is 0.389 e. The maximum atomic E-state index is 12.5. The fourth-order valence-corrected chi connectivity index (χ4v) is 3.75. The van der Waals surface area contributed by atoms with Crippen LogP contribution in [-0.4, -0.2) is 55.9 Å². The van der Waals surface area contributed by atoms with Gasteiger partial charge in [-0.05, 0) is 24.1 Å². The number of hydrogen-bond acceptors (Lipinski definition) is 3. The van der Waals surface area contributed by atoms with Crippen LogP contribution in [0.2, 0.25) is 0 Å². The van der Waals surface area contributed by atoms with Crippen molar-refractivity contribution in [3.05, 3.63) is 36.4 Å². The van der Waals surface area contributed by atoms with Gasteiger partial charge in [-0.25, -0.2) is 0 Å². The molecule has 0 aliphatic carbocycles. The Morgan fingerprint density at radius 1 is 1.13 bits per heavy atom. The van der Waals surface area contributed by atoms with Crippen LogP contribution in [0.1, 0.15) is 25.7 Å². The standard InChI is InChI=1S/C18H19ClF6N3OS/c19-16-14(12-28(16)13-3-1-7-26-11-13)27(8-2-5-17(20,21)22)15(29)4-9-30-10-6-18(23,24)25/h1,3,7,11-12H,2,4-6,8-10H2/q+1. The molecule has 0 unspecified atom stereocenters. The molecule has 1 aliphatic rings. The molecule has 1 aliphatic heterocycles. The summed E-state index contributed by atoms with van der Waals surface area (Å²) in [6.07, 6.45) is -6.47. The zero-order chi connectivity index (χ0) is 22.4. The molecule has 0 aromatic carbocycles. The van der Waals surface area contributed by atoms with Crippen LogP contribution in [0.4, 0.5) is 32.0 Å². The summed E-state index contributed by atoms with van der Waals surface area (Å²) in [4.78, 5) is 17.7. The van der Waals surface area contributed by atoms with Gasteiger partial charge in [0.1, 0.15) is 0 Å².